The van der Waals surface area contributed by atoms with Crippen molar-refractivity contribution in [1.82, 2.24) is 24.5 Å². The quantitative estimate of drug-likeness (QED) is 0.546. The Balaban J connectivity index is 1.68. The number of aromatic nitrogens is 5. The van der Waals surface area contributed by atoms with E-state index in [9.17, 15) is 21.6 Å². The number of sulfonamides is 1. The Morgan fingerprint density at radius 1 is 1.10 bits per heavy atom. The first-order chi connectivity index (χ1) is 13.6. The Labute approximate surface area is 162 Å². The van der Waals surface area contributed by atoms with Crippen LogP contribution in [0.25, 0.3) is 16.6 Å². The van der Waals surface area contributed by atoms with Crippen LogP contribution >= 0.6 is 0 Å². The third-order valence-corrected chi connectivity index (χ3v) is 5.49. The van der Waals surface area contributed by atoms with Gasteiger partial charge in [0.15, 0.2) is 0 Å². The molecule has 0 aliphatic rings. The van der Waals surface area contributed by atoms with Crippen LogP contribution in [-0.4, -0.2) is 33.0 Å². The van der Waals surface area contributed by atoms with Crippen molar-refractivity contribution >= 4 is 26.6 Å². The van der Waals surface area contributed by atoms with E-state index in [2.05, 4.69) is 19.9 Å². The first-order valence-electron chi connectivity index (χ1n) is 8.17. The van der Waals surface area contributed by atoms with Crippen LogP contribution in [0.4, 0.5) is 18.9 Å². The first-order valence-corrected chi connectivity index (χ1v) is 9.65. The van der Waals surface area contributed by atoms with Gasteiger partial charge in [-0.05, 0) is 18.2 Å². The fourth-order valence-electron chi connectivity index (χ4n) is 2.82. The maximum Gasteiger partial charge on any atom is 0.433 e. The average molecular weight is 422 g/mol. The van der Waals surface area contributed by atoms with Crippen molar-refractivity contribution in [2.45, 2.75) is 11.1 Å². The van der Waals surface area contributed by atoms with Crippen LogP contribution in [0.15, 0.2) is 60.0 Å². The summed E-state index contributed by atoms with van der Waals surface area (Å²) in [7, 11) is -2.36. The molecule has 0 saturated heterocycles. The van der Waals surface area contributed by atoms with Crippen molar-refractivity contribution in [2.75, 3.05) is 4.72 Å². The van der Waals surface area contributed by atoms with Gasteiger partial charge in [-0.25, -0.2) is 13.1 Å². The van der Waals surface area contributed by atoms with Crippen LogP contribution in [0.3, 0.4) is 0 Å². The number of fused-ring (bicyclic) bond motifs is 1. The van der Waals surface area contributed by atoms with Gasteiger partial charge in [0.2, 0.25) is 0 Å². The fourth-order valence-corrected chi connectivity index (χ4v) is 3.82. The van der Waals surface area contributed by atoms with Crippen LogP contribution in [0.5, 0.6) is 0 Å². The van der Waals surface area contributed by atoms with Crippen molar-refractivity contribution in [3.8, 4) is 5.69 Å². The Morgan fingerprint density at radius 2 is 1.90 bits per heavy atom. The summed E-state index contributed by atoms with van der Waals surface area (Å²) in [6, 6.07) is 7.14. The molecule has 8 nitrogen and oxygen atoms in total. The van der Waals surface area contributed by atoms with Gasteiger partial charge in [0.1, 0.15) is 10.6 Å². The lowest BCUT2D eigenvalue weighted by molar-refractivity contribution is -0.141. The first kappa shape index (κ1) is 18.9. The molecule has 3 heterocycles. The highest BCUT2D eigenvalue weighted by atomic mass is 32.2. The lowest BCUT2D eigenvalue weighted by Gasteiger charge is -2.09. The summed E-state index contributed by atoms with van der Waals surface area (Å²) in [5, 5.41) is 8.72. The number of nitrogens with zero attached hydrogens (tertiary/aromatic N) is 5. The van der Waals surface area contributed by atoms with Gasteiger partial charge in [-0.1, -0.05) is 12.1 Å². The molecule has 4 aromatic rings. The van der Waals surface area contributed by atoms with E-state index < -0.39 is 21.9 Å². The number of nitrogens with one attached hydrogen (secondary N) is 1. The lowest BCUT2D eigenvalue weighted by atomic mass is 10.2. The summed E-state index contributed by atoms with van der Waals surface area (Å²) in [6.07, 6.45) is 0.143. The molecule has 0 saturated carbocycles. The van der Waals surface area contributed by atoms with E-state index >= 15 is 0 Å². The molecule has 1 N–H and O–H groups in total. The number of benzene rings is 1. The van der Waals surface area contributed by atoms with E-state index in [0.717, 1.165) is 34.7 Å². The smallest absolute Gasteiger partial charge is 0.277 e. The van der Waals surface area contributed by atoms with Gasteiger partial charge < -0.3 is 0 Å². The molecule has 0 amide bonds. The van der Waals surface area contributed by atoms with Gasteiger partial charge in [0, 0.05) is 18.6 Å². The number of hydrogen-bond acceptors (Lipinski definition) is 5. The van der Waals surface area contributed by atoms with E-state index in [-0.39, 0.29) is 10.6 Å². The van der Waals surface area contributed by atoms with Gasteiger partial charge in [0.25, 0.3) is 10.0 Å². The predicted molar refractivity (Wildman–Crippen MR) is 97.9 cm³/mol. The standard InChI is InChI=1S/C17H13F3N6O2S/c1-25-16-11(8-22-25)3-2-4-14(16)24-29(27,28)13-9-23-26(10-13)12-5-6-21-15(7-12)17(18,19)20/h2-10,24H,1H3. The minimum atomic E-state index is -4.62. The van der Waals surface area contributed by atoms with E-state index in [1.54, 1.807) is 31.4 Å². The zero-order valence-electron chi connectivity index (χ0n) is 14.8. The van der Waals surface area contributed by atoms with Crippen molar-refractivity contribution in [1.29, 1.82) is 0 Å². The van der Waals surface area contributed by atoms with Crippen LogP contribution in [-0.2, 0) is 23.2 Å². The number of halogens is 3. The molecule has 0 atom stereocenters. The molecule has 0 bridgehead atoms. The van der Waals surface area contributed by atoms with Gasteiger partial charge >= 0.3 is 6.18 Å². The maximum absolute atomic E-state index is 12.8. The zero-order chi connectivity index (χ0) is 20.8. The summed E-state index contributed by atoms with van der Waals surface area (Å²) in [5.41, 5.74) is -0.163. The normalized spacial score (nSPS) is 12.4. The lowest BCUT2D eigenvalue weighted by Crippen LogP contribution is -2.13. The van der Waals surface area contributed by atoms with Crippen LogP contribution in [0.1, 0.15) is 5.69 Å². The second-order valence-electron chi connectivity index (χ2n) is 6.13. The number of aryl methyl sites for hydroxylation is 1. The summed E-state index contributed by atoms with van der Waals surface area (Å²) in [4.78, 5) is 3.07. The van der Waals surface area contributed by atoms with Gasteiger partial charge in [-0.3, -0.25) is 14.4 Å². The highest BCUT2D eigenvalue weighted by Crippen LogP contribution is 2.29. The maximum atomic E-state index is 12.8. The predicted octanol–water partition coefficient (Wildman–Crippen LogP) is 2.97. The molecular weight excluding hydrogens is 409 g/mol. The third-order valence-electron chi connectivity index (χ3n) is 4.17. The molecule has 150 valence electrons. The van der Waals surface area contributed by atoms with Crippen LogP contribution < -0.4 is 4.72 Å². The van der Waals surface area contributed by atoms with Crippen molar-refractivity contribution in [2.24, 2.45) is 7.05 Å². The van der Waals surface area contributed by atoms with Crippen LogP contribution in [0, 0.1) is 0 Å². The second kappa shape index (κ2) is 6.58. The summed E-state index contributed by atoms with van der Waals surface area (Å²) in [6.45, 7) is 0. The molecule has 0 aliphatic heterocycles. The number of rotatable bonds is 4. The second-order valence-corrected chi connectivity index (χ2v) is 7.82. The zero-order valence-corrected chi connectivity index (χ0v) is 15.6. The molecular formula is C17H13F3N6O2S. The molecule has 0 fully saturated rings. The van der Waals surface area contributed by atoms with Gasteiger partial charge in [-0.15, -0.1) is 0 Å². The minimum Gasteiger partial charge on any atom is -0.277 e. The van der Waals surface area contributed by atoms with Crippen molar-refractivity contribution in [3.63, 3.8) is 0 Å². The SMILES string of the molecule is Cn1ncc2cccc(NS(=O)(=O)c3cnn(-c4ccnc(C(F)(F)F)c4)c3)c21. The Hall–Kier alpha value is -3.41. The number of pyridine rings is 1. The third kappa shape index (κ3) is 3.53. The highest BCUT2D eigenvalue weighted by Gasteiger charge is 2.32. The topological polar surface area (TPSA) is 94.7 Å². The van der Waals surface area contributed by atoms with E-state index in [1.165, 1.54) is 10.7 Å². The summed E-state index contributed by atoms with van der Waals surface area (Å²) in [5.74, 6) is 0. The molecule has 0 aliphatic carbocycles. The monoisotopic (exact) mass is 422 g/mol. The molecule has 0 unspecified atom stereocenters. The highest BCUT2D eigenvalue weighted by molar-refractivity contribution is 7.92. The Morgan fingerprint density at radius 3 is 2.66 bits per heavy atom. The molecule has 3 aromatic heterocycles. The Kier molecular flexibility index (Phi) is 4.30. The largest absolute Gasteiger partial charge is 0.433 e. The molecule has 4 rings (SSSR count). The van der Waals surface area contributed by atoms with Crippen molar-refractivity contribution < 1.29 is 21.6 Å². The van der Waals surface area contributed by atoms with E-state index in [4.69, 9.17) is 0 Å². The fraction of sp³-hybridized carbons (Fsp3) is 0.118. The average Bonchev–Trinajstić information content (AvgIpc) is 3.30. The summed E-state index contributed by atoms with van der Waals surface area (Å²) < 4.78 is 69.1. The van der Waals surface area contributed by atoms with Gasteiger partial charge in [-0.2, -0.15) is 23.4 Å². The number of anilines is 1. The minimum absolute atomic E-state index is 0.0301. The van der Waals surface area contributed by atoms with E-state index in [0.29, 0.717) is 11.2 Å². The van der Waals surface area contributed by atoms with Crippen molar-refractivity contribution in [3.05, 3.63) is 60.8 Å². The molecule has 12 heteroatoms. The van der Waals surface area contributed by atoms with Crippen LogP contribution in [0.2, 0.25) is 0 Å². The van der Waals surface area contributed by atoms with E-state index in [1.807, 2.05) is 0 Å². The molecule has 0 radical (unpaired) electrons. The van der Waals surface area contributed by atoms with Gasteiger partial charge in [0.05, 0.1) is 35.5 Å². The molecule has 0 spiro atoms. The number of para-hydroxylation sites is 1. The summed E-state index contributed by atoms with van der Waals surface area (Å²) >= 11 is 0. The number of alkyl halides is 3. The molecule has 29 heavy (non-hydrogen) atoms. The Bertz CT molecular complexity index is 1310. The molecule has 1 aromatic carbocycles. The number of hydrogen-bond donors (Lipinski definition) is 1.